The Kier molecular flexibility index (Phi) is 7.51. The molecule has 0 aromatic heterocycles. The lowest BCUT2D eigenvalue weighted by Gasteiger charge is -2.33. The fourth-order valence-corrected chi connectivity index (χ4v) is 5.95. The van der Waals surface area contributed by atoms with Crippen LogP contribution in [0, 0.1) is 11.3 Å². The van der Waals surface area contributed by atoms with E-state index in [0.717, 1.165) is 4.90 Å². The molecule has 1 saturated heterocycles. The molecule has 3 atom stereocenters. The number of alkyl carbamates (subject to hydrolysis) is 1. The first-order chi connectivity index (χ1) is 15.6. The molecule has 0 aliphatic carbocycles. The second-order valence-corrected chi connectivity index (χ2v) is 9.86. The number of carbonyl (C=O) groups is 1. The van der Waals surface area contributed by atoms with E-state index in [0.29, 0.717) is 0 Å². The van der Waals surface area contributed by atoms with Gasteiger partial charge < -0.3 is 10.1 Å². The molecule has 33 heavy (non-hydrogen) atoms. The average molecular weight is 502 g/mol. The molecule has 3 rings (SSSR count). The lowest BCUT2D eigenvalue weighted by molar-refractivity contribution is -0.202. The van der Waals surface area contributed by atoms with Crippen LogP contribution in [0.1, 0.15) is 18.0 Å². The Morgan fingerprint density at radius 1 is 1.21 bits per heavy atom. The summed E-state index contributed by atoms with van der Waals surface area (Å²) in [5.74, 6) is 0. The summed E-state index contributed by atoms with van der Waals surface area (Å²) in [7, 11) is -4.15. The summed E-state index contributed by atoms with van der Waals surface area (Å²) in [6.07, 6.45) is -7.85. The van der Waals surface area contributed by atoms with Gasteiger partial charge in [-0.3, -0.25) is 4.90 Å². The summed E-state index contributed by atoms with van der Waals surface area (Å²) in [5.41, 5.74) is -0.133. The van der Waals surface area contributed by atoms with Crippen LogP contribution in [0.25, 0.3) is 0 Å². The number of ether oxygens (including phenoxy) is 1. The summed E-state index contributed by atoms with van der Waals surface area (Å²) >= 11 is 6.03. The molecular formula is C21H19ClF3N3O4S. The Morgan fingerprint density at radius 3 is 2.45 bits per heavy atom. The third kappa shape index (κ3) is 5.58. The molecule has 0 saturated carbocycles. The lowest BCUT2D eigenvalue weighted by atomic mass is 10.1. The van der Waals surface area contributed by atoms with Crippen LogP contribution in [0.2, 0.25) is 5.02 Å². The van der Waals surface area contributed by atoms with Crippen LogP contribution in [0.3, 0.4) is 0 Å². The smallest absolute Gasteiger partial charge is 0.409 e. The zero-order valence-corrected chi connectivity index (χ0v) is 18.6. The Bertz CT molecular complexity index is 1140. The second kappa shape index (κ2) is 9.99. The number of carbonyl (C=O) groups excluding carboxylic acids is 1. The van der Waals surface area contributed by atoms with Gasteiger partial charge in [-0.15, -0.1) is 0 Å². The van der Waals surface area contributed by atoms with Crippen LogP contribution >= 0.6 is 11.6 Å². The zero-order chi connectivity index (χ0) is 24.2. The van der Waals surface area contributed by atoms with Crippen molar-refractivity contribution in [1.82, 2.24) is 10.2 Å². The third-order valence-corrected chi connectivity index (χ3v) is 7.77. The van der Waals surface area contributed by atoms with Crippen LogP contribution in [0.4, 0.5) is 18.0 Å². The van der Waals surface area contributed by atoms with Gasteiger partial charge in [0.05, 0.1) is 21.2 Å². The first-order valence-corrected chi connectivity index (χ1v) is 11.7. The van der Waals surface area contributed by atoms with E-state index in [1.807, 2.05) is 0 Å². The van der Waals surface area contributed by atoms with E-state index in [2.05, 4.69) is 5.32 Å². The maximum Gasteiger partial charge on any atom is 0.409 e. The van der Waals surface area contributed by atoms with Gasteiger partial charge in [-0.2, -0.15) is 18.4 Å². The molecule has 0 radical (unpaired) electrons. The Balaban J connectivity index is 2.00. The molecule has 7 nitrogen and oxygen atoms in total. The van der Waals surface area contributed by atoms with Crippen molar-refractivity contribution in [3.63, 3.8) is 0 Å². The number of benzene rings is 2. The first-order valence-electron chi connectivity index (χ1n) is 9.73. The van der Waals surface area contributed by atoms with Crippen LogP contribution in [0.15, 0.2) is 59.5 Å². The van der Waals surface area contributed by atoms with E-state index in [9.17, 15) is 26.4 Å². The SMILES string of the molecule is N#CCNC(=O)O[C@H]1C[C@@H](S(=O)(=O)c2ccccc2Cl)CN1C(c1ccccc1)C(F)(F)F. The number of hydrogen-bond acceptors (Lipinski definition) is 6. The minimum atomic E-state index is -4.80. The maximum absolute atomic E-state index is 14.2. The van der Waals surface area contributed by atoms with Crippen molar-refractivity contribution in [2.75, 3.05) is 13.1 Å². The van der Waals surface area contributed by atoms with Crippen LogP contribution in [-0.4, -0.2) is 50.2 Å². The lowest BCUT2D eigenvalue weighted by Crippen LogP contribution is -2.44. The molecule has 2 aromatic carbocycles. The number of likely N-dealkylation sites (tertiary alicyclic amines) is 1. The zero-order valence-electron chi connectivity index (χ0n) is 17.0. The van der Waals surface area contributed by atoms with Crippen molar-refractivity contribution >= 4 is 27.5 Å². The largest absolute Gasteiger partial charge is 0.430 e. The molecule has 2 aromatic rings. The third-order valence-electron chi connectivity index (χ3n) is 5.14. The fourth-order valence-electron chi connectivity index (χ4n) is 3.74. The molecule has 0 spiro atoms. The number of halogens is 4. The van der Waals surface area contributed by atoms with E-state index >= 15 is 0 Å². The topological polar surface area (TPSA) is 99.5 Å². The molecule has 12 heteroatoms. The quantitative estimate of drug-likeness (QED) is 0.599. The number of rotatable bonds is 6. The van der Waals surface area contributed by atoms with Crippen molar-refractivity contribution in [3.05, 3.63) is 65.2 Å². The standard InChI is InChI=1S/C21H19ClF3N3O4S/c22-16-8-4-5-9-17(16)33(30,31)15-12-18(32-20(29)27-11-10-26)28(13-15)19(21(23,24)25)14-6-2-1-3-7-14/h1-9,15,18-19H,11-13H2,(H,27,29)/t15-,18+,19?/m1/s1. The normalized spacial score (nSPS) is 20.1. The number of sulfone groups is 1. The summed E-state index contributed by atoms with van der Waals surface area (Å²) < 4.78 is 74.1. The minimum Gasteiger partial charge on any atom is -0.430 e. The van der Waals surface area contributed by atoms with Gasteiger partial charge in [0.1, 0.15) is 12.6 Å². The van der Waals surface area contributed by atoms with E-state index < -0.39 is 59.1 Å². The summed E-state index contributed by atoms with van der Waals surface area (Å²) in [6, 6.07) is 12.0. The van der Waals surface area contributed by atoms with Gasteiger partial charge in [-0.25, -0.2) is 13.2 Å². The summed E-state index contributed by atoms with van der Waals surface area (Å²) in [6.45, 7) is -0.975. The molecule has 1 aliphatic rings. The Hall–Kier alpha value is -2.81. The number of alkyl halides is 3. The monoisotopic (exact) mass is 501 g/mol. The highest BCUT2D eigenvalue weighted by Crippen LogP contribution is 2.43. The van der Waals surface area contributed by atoms with Crippen molar-refractivity contribution in [3.8, 4) is 6.07 Å². The predicted molar refractivity (Wildman–Crippen MR) is 113 cm³/mol. The van der Waals surface area contributed by atoms with Crippen molar-refractivity contribution in [1.29, 1.82) is 5.26 Å². The molecule has 0 bridgehead atoms. The summed E-state index contributed by atoms with van der Waals surface area (Å²) in [5, 5.41) is 9.31. The van der Waals surface area contributed by atoms with Crippen molar-refractivity contribution < 1.29 is 31.1 Å². The highest BCUT2D eigenvalue weighted by molar-refractivity contribution is 7.92. The maximum atomic E-state index is 14.2. The van der Waals surface area contributed by atoms with E-state index in [-0.39, 0.29) is 15.5 Å². The van der Waals surface area contributed by atoms with Crippen molar-refractivity contribution in [2.45, 2.75) is 35.0 Å². The van der Waals surface area contributed by atoms with Gasteiger partial charge in [-0.05, 0) is 17.7 Å². The van der Waals surface area contributed by atoms with E-state index in [1.54, 1.807) is 12.1 Å². The molecule has 1 fully saturated rings. The highest BCUT2D eigenvalue weighted by atomic mass is 35.5. The number of amides is 1. The van der Waals surface area contributed by atoms with Gasteiger partial charge in [0.25, 0.3) is 0 Å². The van der Waals surface area contributed by atoms with Crippen molar-refractivity contribution in [2.24, 2.45) is 0 Å². The molecular weight excluding hydrogens is 483 g/mol. The van der Waals surface area contributed by atoms with Crippen LogP contribution in [-0.2, 0) is 14.6 Å². The molecule has 1 unspecified atom stereocenters. The molecule has 1 heterocycles. The van der Waals surface area contributed by atoms with Gasteiger partial charge in [0.15, 0.2) is 16.1 Å². The highest BCUT2D eigenvalue weighted by Gasteiger charge is 2.53. The van der Waals surface area contributed by atoms with Gasteiger partial charge in [0.2, 0.25) is 0 Å². The van der Waals surface area contributed by atoms with Crippen LogP contribution < -0.4 is 5.32 Å². The minimum absolute atomic E-state index is 0.0596. The number of nitriles is 1. The second-order valence-electron chi connectivity index (χ2n) is 7.26. The molecule has 1 aliphatic heterocycles. The molecule has 1 amide bonds. The number of nitrogens with zero attached hydrogens (tertiary/aromatic N) is 2. The number of nitrogens with one attached hydrogen (secondary N) is 1. The first kappa shape index (κ1) is 24.8. The van der Waals surface area contributed by atoms with E-state index in [4.69, 9.17) is 21.6 Å². The fraction of sp³-hybridized carbons (Fsp3) is 0.333. The predicted octanol–water partition coefficient (Wildman–Crippen LogP) is 4.07. The summed E-state index contributed by atoms with van der Waals surface area (Å²) in [4.78, 5) is 12.6. The molecule has 1 N–H and O–H groups in total. The van der Waals surface area contributed by atoms with Gasteiger partial charge >= 0.3 is 12.3 Å². The van der Waals surface area contributed by atoms with Crippen LogP contribution in [0.5, 0.6) is 0 Å². The van der Waals surface area contributed by atoms with Gasteiger partial charge in [0, 0.05) is 13.0 Å². The Labute approximate surface area is 193 Å². The van der Waals surface area contributed by atoms with Gasteiger partial charge in [-0.1, -0.05) is 54.1 Å². The molecule has 176 valence electrons. The number of hydrogen-bond donors (Lipinski definition) is 1. The average Bonchev–Trinajstić information content (AvgIpc) is 3.16. The van der Waals surface area contributed by atoms with E-state index in [1.165, 1.54) is 48.5 Å². The Morgan fingerprint density at radius 2 is 1.85 bits per heavy atom.